The molecule has 2 N–H and O–H groups in total. The van der Waals surface area contributed by atoms with E-state index < -0.39 is 10.0 Å². The molecule has 0 radical (unpaired) electrons. The third kappa shape index (κ3) is 6.08. The highest BCUT2D eigenvalue weighted by Crippen LogP contribution is 2.24. The first kappa shape index (κ1) is 20.9. The van der Waals surface area contributed by atoms with Crippen LogP contribution < -0.4 is 14.8 Å². The number of hydrogen-bond donors (Lipinski definition) is 2. The monoisotopic (exact) mass is 390 g/mol. The summed E-state index contributed by atoms with van der Waals surface area (Å²) >= 11 is 0. The molecule has 146 valence electrons. The van der Waals surface area contributed by atoms with Crippen molar-refractivity contribution < 1.29 is 17.9 Å². The zero-order valence-electron chi connectivity index (χ0n) is 15.9. The van der Waals surface area contributed by atoms with Crippen LogP contribution in [0.3, 0.4) is 0 Å². The normalized spacial score (nSPS) is 11.4. The fraction of sp³-hybridized carbons (Fsp3) is 0.350. The minimum absolute atomic E-state index is 0.137. The summed E-state index contributed by atoms with van der Waals surface area (Å²) in [6.07, 6.45) is 0.763. The first-order valence-corrected chi connectivity index (χ1v) is 10.4. The number of amides is 1. The lowest BCUT2D eigenvalue weighted by Gasteiger charge is -2.12. The molecule has 0 atom stereocenters. The molecule has 0 saturated carbocycles. The predicted octanol–water partition coefficient (Wildman–Crippen LogP) is 3.66. The van der Waals surface area contributed by atoms with Gasteiger partial charge in [0.2, 0.25) is 10.0 Å². The Labute approximate surface area is 161 Å². The SMILES string of the molecule is CCOc1ccccc1NC(=O)c1ccc(S(=O)(=O)NCCC(C)C)cc1. The number of hydrogen-bond acceptors (Lipinski definition) is 4. The van der Waals surface area contributed by atoms with Gasteiger partial charge in [0, 0.05) is 12.1 Å². The van der Waals surface area contributed by atoms with Gasteiger partial charge in [-0.1, -0.05) is 26.0 Å². The molecule has 0 bridgehead atoms. The summed E-state index contributed by atoms with van der Waals surface area (Å²) in [6.45, 7) is 6.81. The van der Waals surface area contributed by atoms with Crippen LogP contribution in [-0.4, -0.2) is 27.5 Å². The van der Waals surface area contributed by atoms with Crippen LogP contribution in [0.1, 0.15) is 37.6 Å². The van der Waals surface area contributed by atoms with E-state index in [4.69, 9.17) is 4.74 Å². The lowest BCUT2D eigenvalue weighted by molar-refractivity contribution is 0.102. The van der Waals surface area contributed by atoms with Gasteiger partial charge in [0.15, 0.2) is 0 Å². The van der Waals surface area contributed by atoms with Crippen molar-refractivity contribution in [2.75, 3.05) is 18.5 Å². The summed E-state index contributed by atoms with van der Waals surface area (Å²) in [6, 6.07) is 13.0. The lowest BCUT2D eigenvalue weighted by Crippen LogP contribution is -2.25. The lowest BCUT2D eigenvalue weighted by atomic mass is 10.1. The van der Waals surface area contributed by atoms with E-state index in [9.17, 15) is 13.2 Å². The smallest absolute Gasteiger partial charge is 0.255 e. The van der Waals surface area contributed by atoms with Crippen molar-refractivity contribution in [1.82, 2.24) is 4.72 Å². The Morgan fingerprint density at radius 2 is 1.74 bits per heavy atom. The number of para-hydroxylation sites is 2. The van der Waals surface area contributed by atoms with E-state index >= 15 is 0 Å². The molecule has 2 rings (SSSR count). The van der Waals surface area contributed by atoms with Crippen LogP contribution in [0.5, 0.6) is 5.75 Å². The van der Waals surface area contributed by atoms with Crippen molar-refractivity contribution >= 4 is 21.6 Å². The number of ether oxygens (including phenoxy) is 1. The van der Waals surface area contributed by atoms with Crippen LogP contribution in [0.4, 0.5) is 5.69 Å². The first-order valence-electron chi connectivity index (χ1n) is 8.96. The van der Waals surface area contributed by atoms with Gasteiger partial charge < -0.3 is 10.1 Å². The number of rotatable bonds is 9. The largest absolute Gasteiger partial charge is 0.492 e. The average molecular weight is 391 g/mol. The van der Waals surface area contributed by atoms with Gasteiger partial charge in [0.05, 0.1) is 17.2 Å². The second-order valence-electron chi connectivity index (χ2n) is 6.49. The van der Waals surface area contributed by atoms with E-state index in [2.05, 4.69) is 10.0 Å². The quantitative estimate of drug-likeness (QED) is 0.684. The molecule has 1 amide bonds. The van der Waals surface area contributed by atoms with Gasteiger partial charge in [-0.2, -0.15) is 0 Å². The number of sulfonamides is 1. The zero-order valence-corrected chi connectivity index (χ0v) is 16.7. The van der Waals surface area contributed by atoms with Gasteiger partial charge in [0.25, 0.3) is 5.91 Å². The maximum absolute atomic E-state index is 12.4. The van der Waals surface area contributed by atoms with Gasteiger partial charge in [-0.05, 0) is 55.7 Å². The van der Waals surface area contributed by atoms with E-state index in [1.807, 2.05) is 26.8 Å². The zero-order chi connectivity index (χ0) is 19.9. The summed E-state index contributed by atoms with van der Waals surface area (Å²) in [4.78, 5) is 12.6. The minimum atomic E-state index is -3.57. The third-order valence-electron chi connectivity index (χ3n) is 3.88. The van der Waals surface area contributed by atoms with Crippen LogP contribution in [0, 0.1) is 5.92 Å². The van der Waals surface area contributed by atoms with Crippen LogP contribution >= 0.6 is 0 Å². The first-order chi connectivity index (χ1) is 12.8. The number of nitrogens with one attached hydrogen (secondary N) is 2. The van der Waals surface area contributed by atoms with Gasteiger partial charge >= 0.3 is 0 Å². The van der Waals surface area contributed by atoms with E-state index in [1.165, 1.54) is 24.3 Å². The number of anilines is 1. The van der Waals surface area contributed by atoms with E-state index in [1.54, 1.807) is 18.2 Å². The fourth-order valence-corrected chi connectivity index (χ4v) is 3.44. The molecule has 0 spiro atoms. The van der Waals surface area contributed by atoms with Crippen molar-refractivity contribution in [2.24, 2.45) is 5.92 Å². The predicted molar refractivity (Wildman–Crippen MR) is 107 cm³/mol. The third-order valence-corrected chi connectivity index (χ3v) is 5.35. The second kappa shape index (κ2) is 9.53. The molecule has 2 aromatic carbocycles. The van der Waals surface area contributed by atoms with Crippen LogP contribution in [0.2, 0.25) is 0 Å². The summed E-state index contributed by atoms with van der Waals surface area (Å²) < 4.78 is 32.6. The van der Waals surface area contributed by atoms with Crippen LogP contribution in [0.25, 0.3) is 0 Å². The Morgan fingerprint density at radius 3 is 2.37 bits per heavy atom. The molecular weight excluding hydrogens is 364 g/mol. The topological polar surface area (TPSA) is 84.5 Å². The molecule has 0 fully saturated rings. The highest BCUT2D eigenvalue weighted by Gasteiger charge is 2.15. The van der Waals surface area contributed by atoms with E-state index in [0.717, 1.165) is 6.42 Å². The van der Waals surface area contributed by atoms with Gasteiger partial charge in [-0.25, -0.2) is 13.1 Å². The maximum atomic E-state index is 12.4. The van der Waals surface area contributed by atoms with Crippen molar-refractivity contribution in [1.29, 1.82) is 0 Å². The average Bonchev–Trinajstić information content (AvgIpc) is 2.63. The second-order valence-corrected chi connectivity index (χ2v) is 8.25. The molecule has 0 unspecified atom stereocenters. The summed E-state index contributed by atoms with van der Waals surface area (Å²) in [5.74, 6) is 0.666. The Bertz CT molecular complexity index is 862. The Hall–Kier alpha value is -2.38. The highest BCUT2D eigenvalue weighted by molar-refractivity contribution is 7.89. The fourth-order valence-electron chi connectivity index (χ4n) is 2.40. The molecule has 6 nitrogen and oxygen atoms in total. The molecule has 0 aliphatic carbocycles. The van der Waals surface area contributed by atoms with Crippen molar-refractivity contribution in [2.45, 2.75) is 32.1 Å². The molecule has 7 heteroatoms. The summed E-state index contributed by atoms with van der Waals surface area (Å²) in [5.41, 5.74) is 0.929. The van der Waals surface area contributed by atoms with Gasteiger partial charge in [-0.3, -0.25) is 4.79 Å². The van der Waals surface area contributed by atoms with Crippen LogP contribution in [0.15, 0.2) is 53.4 Å². The molecule has 0 aliphatic rings. The van der Waals surface area contributed by atoms with Crippen molar-refractivity contribution in [3.05, 3.63) is 54.1 Å². The number of benzene rings is 2. The van der Waals surface area contributed by atoms with Crippen LogP contribution in [-0.2, 0) is 10.0 Å². The van der Waals surface area contributed by atoms with Crippen molar-refractivity contribution in [3.63, 3.8) is 0 Å². The summed E-state index contributed by atoms with van der Waals surface area (Å²) in [5, 5.41) is 2.79. The summed E-state index contributed by atoms with van der Waals surface area (Å²) in [7, 11) is -3.57. The van der Waals surface area contributed by atoms with E-state index in [0.29, 0.717) is 36.1 Å². The molecule has 2 aromatic rings. The molecule has 27 heavy (non-hydrogen) atoms. The van der Waals surface area contributed by atoms with Gasteiger partial charge in [-0.15, -0.1) is 0 Å². The van der Waals surface area contributed by atoms with Gasteiger partial charge in [0.1, 0.15) is 5.75 Å². The Balaban J connectivity index is 2.07. The highest BCUT2D eigenvalue weighted by atomic mass is 32.2. The molecular formula is C20H26N2O4S. The molecule has 0 heterocycles. The molecule has 0 aliphatic heterocycles. The Morgan fingerprint density at radius 1 is 1.07 bits per heavy atom. The Kier molecular flexibility index (Phi) is 7.38. The standard InChI is InChI=1S/C20H26N2O4S/c1-4-26-19-8-6-5-7-18(19)22-20(23)16-9-11-17(12-10-16)27(24,25)21-14-13-15(2)3/h5-12,15,21H,4,13-14H2,1-3H3,(H,22,23). The molecule has 0 aromatic heterocycles. The maximum Gasteiger partial charge on any atom is 0.255 e. The minimum Gasteiger partial charge on any atom is -0.492 e. The van der Waals surface area contributed by atoms with E-state index in [-0.39, 0.29) is 10.8 Å². The molecule has 0 saturated heterocycles. The number of carbonyl (C=O) groups is 1. The number of carbonyl (C=O) groups excluding carboxylic acids is 1. The van der Waals surface area contributed by atoms with Crippen molar-refractivity contribution in [3.8, 4) is 5.75 Å².